The third kappa shape index (κ3) is 5.10. The topological polar surface area (TPSA) is 45.1 Å². The van der Waals surface area contributed by atoms with Crippen molar-refractivity contribution in [3.63, 3.8) is 0 Å². The van der Waals surface area contributed by atoms with Crippen LogP contribution in [0.4, 0.5) is 4.39 Å². The quantitative estimate of drug-likeness (QED) is 0.786. The van der Waals surface area contributed by atoms with Gasteiger partial charge in [-0.3, -0.25) is 4.98 Å². The van der Waals surface area contributed by atoms with Crippen molar-refractivity contribution in [3.05, 3.63) is 29.8 Å². The van der Waals surface area contributed by atoms with Gasteiger partial charge < -0.3 is 10.4 Å². The molecule has 0 spiro atoms. The van der Waals surface area contributed by atoms with Gasteiger partial charge in [-0.05, 0) is 37.3 Å². The first-order chi connectivity index (χ1) is 8.44. The molecule has 1 aromatic rings. The van der Waals surface area contributed by atoms with Gasteiger partial charge in [0, 0.05) is 19.2 Å². The third-order valence-electron chi connectivity index (χ3n) is 3.09. The second-order valence-corrected chi connectivity index (χ2v) is 5.50. The minimum Gasteiger partial charge on any atom is -0.396 e. The lowest BCUT2D eigenvalue weighted by Crippen LogP contribution is -2.31. The van der Waals surface area contributed by atoms with Crippen LogP contribution in [-0.4, -0.2) is 23.2 Å². The Balaban J connectivity index is 2.45. The number of aliphatic hydroxyl groups is 1. The summed E-state index contributed by atoms with van der Waals surface area (Å²) in [5.41, 5.74) is 0.978. The van der Waals surface area contributed by atoms with Crippen LogP contribution >= 0.6 is 0 Å². The minimum atomic E-state index is -0.311. The van der Waals surface area contributed by atoms with Crippen LogP contribution < -0.4 is 5.32 Å². The van der Waals surface area contributed by atoms with E-state index in [9.17, 15) is 4.39 Å². The largest absolute Gasteiger partial charge is 0.396 e. The molecule has 1 atom stereocenters. The van der Waals surface area contributed by atoms with Gasteiger partial charge in [0.2, 0.25) is 0 Å². The zero-order valence-electron chi connectivity index (χ0n) is 11.4. The number of aromatic nitrogens is 1. The molecule has 4 heteroatoms. The zero-order valence-corrected chi connectivity index (χ0v) is 11.4. The highest BCUT2D eigenvalue weighted by molar-refractivity contribution is 5.09. The fraction of sp³-hybridized carbons (Fsp3) is 0.643. The molecular weight excluding hydrogens is 231 g/mol. The Bertz CT molecular complexity index is 351. The SMILES string of the molecule is CC(NCC(C)(C)CCCO)c1ccc(F)cn1. The number of rotatable bonds is 7. The molecule has 0 aliphatic heterocycles. The van der Waals surface area contributed by atoms with Crippen molar-refractivity contribution >= 4 is 0 Å². The van der Waals surface area contributed by atoms with Crippen molar-refractivity contribution in [2.24, 2.45) is 5.41 Å². The molecule has 1 unspecified atom stereocenters. The third-order valence-corrected chi connectivity index (χ3v) is 3.09. The first kappa shape index (κ1) is 15.1. The molecule has 2 N–H and O–H groups in total. The van der Waals surface area contributed by atoms with Crippen molar-refractivity contribution in [1.29, 1.82) is 0 Å². The Morgan fingerprint density at radius 3 is 2.72 bits per heavy atom. The first-order valence-electron chi connectivity index (χ1n) is 6.40. The molecule has 0 aliphatic rings. The standard InChI is InChI=1S/C14H23FN2O/c1-11(13-6-5-12(15)9-16-13)17-10-14(2,3)7-4-8-18/h5-6,9,11,17-18H,4,7-8,10H2,1-3H3. The monoisotopic (exact) mass is 254 g/mol. The number of nitrogens with one attached hydrogen (secondary N) is 1. The molecule has 3 nitrogen and oxygen atoms in total. The lowest BCUT2D eigenvalue weighted by Gasteiger charge is -2.27. The normalized spacial score (nSPS) is 13.6. The van der Waals surface area contributed by atoms with Gasteiger partial charge in [-0.25, -0.2) is 4.39 Å². The minimum absolute atomic E-state index is 0.0963. The number of hydrogen-bond acceptors (Lipinski definition) is 3. The van der Waals surface area contributed by atoms with Crippen LogP contribution in [0.1, 0.15) is 45.3 Å². The molecule has 0 fully saturated rings. The molecule has 102 valence electrons. The molecular formula is C14H23FN2O. The summed E-state index contributed by atoms with van der Waals surface area (Å²) in [5, 5.41) is 12.2. The summed E-state index contributed by atoms with van der Waals surface area (Å²) in [6.07, 6.45) is 3.03. The molecule has 18 heavy (non-hydrogen) atoms. The van der Waals surface area contributed by atoms with Gasteiger partial charge in [0.1, 0.15) is 5.82 Å². The van der Waals surface area contributed by atoms with Crippen molar-refractivity contribution in [2.75, 3.05) is 13.2 Å². The van der Waals surface area contributed by atoms with Gasteiger partial charge in [-0.15, -0.1) is 0 Å². The van der Waals surface area contributed by atoms with E-state index >= 15 is 0 Å². The van der Waals surface area contributed by atoms with Crippen LogP contribution in [0.3, 0.4) is 0 Å². The highest BCUT2D eigenvalue weighted by atomic mass is 19.1. The van der Waals surface area contributed by atoms with Gasteiger partial charge in [-0.2, -0.15) is 0 Å². The van der Waals surface area contributed by atoms with Gasteiger partial charge in [0.25, 0.3) is 0 Å². The summed E-state index contributed by atoms with van der Waals surface area (Å²) < 4.78 is 12.8. The Kier molecular flexibility index (Phi) is 5.69. The maximum Gasteiger partial charge on any atom is 0.141 e. The summed E-state index contributed by atoms with van der Waals surface area (Å²) in [5.74, 6) is -0.311. The Hall–Kier alpha value is -1.00. The van der Waals surface area contributed by atoms with Crippen LogP contribution in [-0.2, 0) is 0 Å². The van der Waals surface area contributed by atoms with E-state index in [1.54, 1.807) is 6.07 Å². The second kappa shape index (κ2) is 6.81. The lowest BCUT2D eigenvalue weighted by molar-refractivity contribution is 0.232. The highest BCUT2D eigenvalue weighted by Gasteiger charge is 2.18. The van der Waals surface area contributed by atoms with E-state index in [1.165, 1.54) is 12.3 Å². The fourth-order valence-electron chi connectivity index (χ4n) is 1.82. The number of pyridine rings is 1. The van der Waals surface area contributed by atoms with Gasteiger partial charge in [0.05, 0.1) is 11.9 Å². The van der Waals surface area contributed by atoms with Crippen molar-refractivity contribution in [3.8, 4) is 0 Å². The molecule has 0 saturated heterocycles. The average Bonchev–Trinajstić information content (AvgIpc) is 2.35. The summed E-state index contributed by atoms with van der Waals surface area (Å²) in [6, 6.07) is 3.23. The number of nitrogens with zero attached hydrogens (tertiary/aromatic N) is 1. The number of halogens is 1. The van der Waals surface area contributed by atoms with E-state index in [4.69, 9.17) is 5.11 Å². The van der Waals surface area contributed by atoms with E-state index in [-0.39, 0.29) is 23.9 Å². The Morgan fingerprint density at radius 1 is 1.44 bits per heavy atom. The molecule has 0 bridgehead atoms. The Labute approximate surface area is 108 Å². The molecule has 0 amide bonds. The summed E-state index contributed by atoms with van der Waals surface area (Å²) in [6.45, 7) is 7.43. The van der Waals surface area contributed by atoms with Crippen molar-refractivity contribution in [2.45, 2.75) is 39.7 Å². The maximum atomic E-state index is 12.8. The molecule has 1 rings (SSSR count). The summed E-state index contributed by atoms with van der Waals surface area (Å²) >= 11 is 0. The predicted molar refractivity (Wildman–Crippen MR) is 70.7 cm³/mol. The molecule has 1 aromatic heterocycles. The van der Waals surface area contributed by atoms with E-state index in [0.717, 1.165) is 25.1 Å². The van der Waals surface area contributed by atoms with Crippen molar-refractivity contribution in [1.82, 2.24) is 10.3 Å². The Morgan fingerprint density at radius 2 is 2.17 bits per heavy atom. The highest BCUT2D eigenvalue weighted by Crippen LogP contribution is 2.22. The second-order valence-electron chi connectivity index (χ2n) is 5.50. The molecule has 0 saturated carbocycles. The number of hydrogen-bond donors (Lipinski definition) is 2. The average molecular weight is 254 g/mol. The number of aliphatic hydroxyl groups excluding tert-OH is 1. The first-order valence-corrected chi connectivity index (χ1v) is 6.40. The van der Waals surface area contributed by atoms with Crippen LogP contribution in [0, 0.1) is 11.2 Å². The van der Waals surface area contributed by atoms with E-state index in [1.807, 2.05) is 6.92 Å². The van der Waals surface area contributed by atoms with E-state index in [0.29, 0.717) is 0 Å². The fourth-order valence-corrected chi connectivity index (χ4v) is 1.82. The molecule has 1 heterocycles. The maximum absolute atomic E-state index is 12.8. The predicted octanol–water partition coefficient (Wildman–Crippen LogP) is 2.67. The summed E-state index contributed by atoms with van der Waals surface area (Å²) in [4.78, 5) is 4.06. The molecule has 0 aromatic carbocycles. The summed E-state index contributed by atoms with van der Waals surface area (Å²) in [7, 11) is 0. The van der Waals surface area contributed by atoms with Gasteiger partial charge >= 0.3 is 0 Å². The van der Waals surface area contributed by atoms with Crippen LogP contribution in [0.25, 0.3) is 0 Å². The van der Waals surface area contributed by atoms with Gasteiger partial charge in [0.15, 0.2) is 0 Å². The van der Waals surface area contributed by atoms with Crippen LogP contribution in [0.5, 0.6) is 0 Å². The van der Waals surface area contributed by atoms with E-state index in [2.05, 4.69) is 24.1 Å². The van der Waals surface area contributed by atoms with Crippen LogP contribution in [0.15, 0.2) is 18.3 Å². The smallest absolute Gasteiger partial charge is 0.141 e. The van der Waals surface area contributed by atoms with Crippen LogP contribution in [0.2, 0.25) is 0 Å². The van der Waals surface area contributed by atoms with Crippen molar-refractivity contribution < 1.29 is 9.50 Å². The molecule has 0 aliphatic carbocycles. The lowest BCUT2D eigenvalue weighted by atomic mass is 9.87. The van der Waals surface area contributed by atoms with Gasteiger partial charge in [-0.1, -0.05) is 13.8 Å². The molecule has 0 radical (unpaired) electrons. The zero-order chi connectivity index (χ0) is 13.6. The van der Waals surface area contributed by atoms with E-state index < -0.39 is 0 Å².